The van der Waals surface area contributed by atoms with Gasteiger partial charge in [-0.15, -0.1) is 5.10 Å². The highest BCUT2D eigenvalue weighted by Crippen LogP contribution is 2.31. The van der Waals surface area contributed by atoms with E-state index in [1.165, 1.54) is 25.2 Å². The van der Waals surface area contributed by atoms with Crippen molar-refractivity contribution in [1.29, 1.82) is 0 Å². The van der Waals surface area contributed by atoms with Gasteiger partial charge in [0, 0.05) is 36.8 Å². The fraction of sp³-hybridized carbons (Fsp3) is 0.364. The van der Waals surface area contributed by atoms with Gasteiger partial charge in [0.1, 0.15) is 11.6 Å². The second-order valence-corrected chi connectivity index (χ2v) is 8.53. The monoisotopic (exact) mass is 520 g/mol. The lowest BCUT2D eigenvalue weighted by atomic mass is 10.1. The van der Waals surface area contributed by atoms with Gasteiger partial charge in [0.15, 0.2) is 0 Å². The van der Waals surface area contributed by atoms with Crippen molar-refractivity contribution in [2.75, 3.05) is 25.0 Å². The first-order valence-corrected chi connectivity index (χ1v) is 10.8. The Morgan fingerprint density at radius 2 is 1.97 bits per heavy atom. The van der Waals surface area contributed by atoms with Crippen LogP contribution in [0.25, 0.3) is 0 Å². The molecule has 188 valence electrons. The van der Waals surface area contributed by atoms with Crippen LogP contribution in [0.1, 0.15) is 17.5 Å². The molecule has 13 heteroatoms. The van der Waals surface area contributed by atoms with Crippen molar-refractivity contribution in [3.8, 4) is 0 Å². The molecule has 2 aliphatic heterocycles. The highest BCUT2D eigenvalue weighted by atomic mass is 35.5. The van der Waals surface area contributed by atoms with Gasteiger partial charge in [0.05, 0.1) is 18.1 Å². The van der Waals surface area contributed by atoms with Crippen LogP contribution in [0.5, 0.6) is 0 Å². The number of likely N-dealkylation sites (tertiary alicyclic amines) is 1. The van der Waals surface area contributed by atoms with Gasteiger partial charge in [-0.3, -0.25) is 9.91 Å². The quantitative estimate of drug-likeness (QED) is 0.503. The molecule has 0 bridgehead atoms. The predicted octanol–water partition coefficient (Wildman–Crippen LogP) is 5.30. The van der Waals surface area contributed by atoms with Crippen molar-refractivity contribution in [3.63, 3.8) is 0 Å². The van der Waals surface area contributed by atoms with Crippen LogP contribution in [0.2, 0.25) is 5.02 Å². The molecule has 1 saturated heterocycles. The maximum absolute atomic E-state index is 15.0. The average Bonchev–Trinajstić information content (AvgIpc) is 3.36. The number of urea groups is 1. The van der Waals surface area contributed by atoms with Gasteiger partial charge < -0.3 is 9.64 Å². The van der Waals surface area contributed by atoms with Gasteiger partial charge in [-0.1, -0.05) is 17.7 Å². The molecule has 0 saturated carbocycles. The Morgan fingerprint density at radius 1 is 1.23 bits per heavy atom. The molecule has 2 heterocycles. The first-order valence-electron chi connectivity index (χ1n) is 10.4. The molecule has 4 rings (SSSR count). The van der Waals surface area contributed by atoms with E-state index in [0.717, 1.165) is 33.0 Å². The van der Waals surface area contributed by atoms with E-state index in [1.807, 2.05) is 0 Å². The van der Waals surface area contributed by atoms with E-state index in [9.17, 15) is 26.7 Å². The van der Waals surface area contributed by atoms with Gasteiger partial charge >= 0.3 is 6.03 Å². The number of alkyl halides is 4. The lowest BCUT2D eigenvalue weighted by Crippen LogP contribution is -2.43. The van der Waals surface area contributed by atoms with E-state index in [1.54, 1.807) is 0 Å². The number of hydrogen-bond donors (Lipinski definition) is 0. The Kier molecular flexibility index (Phi) is 6.76. The Balaban J connectivity index is 1.61. The SMILES string of the molecule is CN1N=C(c2ccc(CN(C(=O)N3CCC(F)(F)C3)c3ccc(F)c(Cl)c3)c(F)c2)OC1C(F)F. The number of ether oxygens (including phenoxy) is 1. The third-order valence-electron chi connectivity index (χ3n) is 5.58. The molecule has 0 aromatic heterocycles. The van der Waals surface area contributed by atoms with E-state index in [0.29, 0.717) is 0 Å². The molecule has 1 fully saturated rings. The Morgan fingerprint density at radius 3 is 2.54 bits per heavy atom. The number of nitrogens with zero attached hydrogens (tertiary/aromatic N) is 4. The van der Waals surface area contributed by atoms with Crippen LogP contribution in [-0.2, 0) is 11.3 Å². The average molecular weight is 521 g/mol. The van der Waals surface area contributed by atoms with E-state index in [-0.39, 0.29) is 34.3 Å². The van der Waals surface area contributed by atoms with Crippen LogP contribution >= 0.6 is 11.6 Å². The second-order valence-electron chi connectivity index (χ2n) is 8.12. The number of carbonyl (C=O) groups excluding carboxylic acids is 1. The summed E-state index contributed by atoms with van der Waals surface area (Å²) in [5.74, 6) is -4.84. The van der Waals surface area contributed by atoms with Crippen molar-refractivity contribution in [2.45, 2.75) is 31.5 Å². The summed E-state index contributed by atoms with van der Waals surface area (Å²) in [5.41, 5.74) is 0.138. The van der Waals surface area contributed by atoms with Crippen molar-refractivity contribution >= 4 is 29.2 Å². The fourth-order valence-corrected chi connectivity index (χ4v) is 3.90. The number of carbonyl (C=O) groups is 1. The van der Waals surface area contributed by atoms with Crippen LogP contribution in [-0.4, -0.2) is 60.6 Å². The van der Waals surface area contributed by atoms with Gasteiger partial charge in [-0.2, -0.15) is 0 Å². The minimum absolute atomic E-state index is 0.0223. The Hall–Kier alpha value is -3.15. The van der Waals surface area contributed by atoms with Crippen LogP contribution in [0, 0.1) is 11.6 Å². The first kappa shape index (κ1) is 25.0. The third-order valence-corrected chi connectivity index (χ3v) is 5.87. The number of benzene rings is 2. The zero-order valence-corrected chi connectivity index (χ0v) is 19.0. The molecule has 2 aromatic rings. The maximum atomic E-state index is 15.0. The smallest absolute Gasteiger partial charge is 0.325 e. The lowest BCUT2D eigenvalue weighted by molar-refractivity contribution is -0.0578. The molecule has 2 aromatic carbocycles. The zero-order chi connectivity index (χ0) is 25.5. The topological polar surface area (TPSA) is 48.4 Å². The molecular weight excluding hydrogens is 502 g/mol. The standard InChI is InChI=1S/C22H19ClF6N4O2/c1-31-20(18(26)27)35-19(30-31)12-2-3-13(17(25)8-12)10-33(14-4-5-16(24)15(23)9-14)21(34)32-7-6-22(28,29)11-32/h2-5,8-9,18,20H,6-7,10-11H2,1H3. The minimum Gasteiger partial charge on any atom is -0.444 e. The van der Waals surface area contributed by atoms with Gasteiger partial charge in [0.25, 0.3) is 12.3 Å². The second kappa shape index (κ2) is 9.48. The number of halogens is 7. The van der Waals surface area contributed by atoms with Crippen molar-refractivity contribution in [3.05, 3.63) is 64.2 Å². The molecule has 0 aliphatic carbocycles. The number of hydrogen-bond acceptors (Lipinski definition) is 4. The summed E-state index contributed by atoms with van der Waals surface area (Å²) in [7, 11) is 1.29. The summed E-state index contributed by atoms with van der Waals surface area (Å²) in [6, 6.07) is 6.18. The molecule has 0 N–H and O–H groups in total. The summed E-state index contributed by atoms with van der Waals surface area (Å²) in [5, 5.41) is 4.45. The number of anilines is 1. The number of hydrazone groups is 1. The number of rotatable bonds is 5. The van der Waals surface area contributed by atoms with Crippen molar-refractivity contribution in [2.24, 2.45) is 5.10 Å². The summed E-state index contributed by atoms with van der Waals surface area (Å²) < 4.78 is 87.2. The molecule has 35 heavy (non-hydrogen) atoms. The van der Waals surface area contributed by atoms with Gasteiger partial charge in [-0.05, 0) is 30.3 Å². The molecule has 0 radical (unpaired) electrons. The van der Waals surface area contributed by atoms with E-state index < -0.39 is 55.8 Å². The molecule has 1 unspecified atom stereocenters. The minimum atomic E-state index is -3.06. The lowest BCUT2D eigenvalue weighted by Gasteiger charge is -2.28. The van der Waals surface area contributed by atoms with Crippen LogP contribution in [0.15, 0.2) is 41.5 Å². The van der Waals surface area contributed by atoms with Gasteiger partial charge in [0.2, 0.25) is 12.1 Å². The highest BCUT2D eigenvalue weighted by Gasteiger charge is 2.42. The van der Waals surface area contributed by atoms with Crippen LogP contribution in [0.4, 0.5) is 36.8 Å². The van der Waals surface area contributed by atoms with Crippen molar-refractivity contribution in [1.82, 2.24) is 9.91 Å². The Bertz CT molecular complexity index is 1160. The molecular formula is C22H19ClF6N4O2. The Labute approximate surface area is 201 Å². The zero-order valence-electron chi connectivity index (χ0n) is 18.2. The predicted molar refractivity (Wildman–Crippen MR) is 116 cm³/mol. The summed E-state index contributed by atoms with van der Waals surface area (Å²) in [6.45, 7) is -1.43. The summed E-state index contributed by atoms with van der Waals surface area (Å²) >= 11 is 5.84. The number of amides is 2. The largest absolute Gasteiger partial charge is 0.444 e. The molecule has 6 nitrogen and oxygen atoms in total. The van der Waals surface area contributed by atoms with E-state index >= 15 is 4.39 Å². The van der Waals surface area contributed by atoms with Crippen LogP contribution < -0.4 is 4.90 Å². The van der Waals surface area contributed by atoms with E-state index in [4.69, 9.17) is 16.3 Å². The molecule has 2 aliphatic rings. The van der Waals surface area contributed by atoms with Crippen molar-refractivity contribution < 1.29 is 35.9 Å². The first-order chi connectivity index (χ1) is 16.4. The normalized spacial score (nSPS) is 19.2. The maximum Gasteiger partial charge on any atom is 0.325 e. The summed E-state index contributed by atoms with van der Waals surface area (Å²) in [4.78, 5) is 15.0. The molecule has 2 amide bonds. The van der Waals surface area contributed by atoms with E-state index in [2.05, 4.69) is 5.10 Å². The van der Waals surface area contributed by atoms with Crippen LogP contribution in [0.3, 0.4) is 0 Å². The molecule has 1 atom stereocenters. The van der Waals surface area contributed by atoms with Gasteiger partial charge in [-0.25, -0.2) is 31.1 Å². The fourth-order valence-electron chi connectivity index (χ4n) is 3.73. The molecule has 0 spiro atoms. The summed E-state index contributed by atoms with van der Waals surface area (Å²) in [6.07, 6.45) is -4.97. The highest BCUT2D eigenvalue weighted by molar-refractivity contribution is 6.31. The third kappa shape index (κ3) is 5.26.